The first-order chi connectivity index (χ1) is 7.92. The van der Waals surface area contributed by atoms with E-state index in [1.54, 1.807) is 0 Å². The minimum absolute atomic E-state index is 0. The van der Waals surface area contributed by atoms with Gasteiger partial charge in [0.15, 0.2) is 0 Å². The van der Waals surface area contributed by atoms with Crippen LogP contribution in [0.2, 0.25) is 0 Å². The fourth-order valence-electron chi connectivity index (χ4n) is 1.89. The maximum absolute atomic E-state index is 11.8. The van der Waals surface area contributed by atoms with Gasteiger partial charge < -0.3 is 15.5 Å². The Balaban J connectivity index is 0. The van der Waals surface area contributed by atoms with Crippen LogP contribution in [-0.4, -0.2) is 50.1 Å². The molecule has 6 heteroatoms. The fourth-order valence-corrected chi connectivity index (χ4v) is 1.89. The average Bonchev–Trinajstić information content (AvgIpc) is 2.28. The molecule has 116 valence electrons. The maximum atomic E-state index is 11.8. The number of hydrogen-bond acceptors (Lipinski definition) is 3. The van der Waals surface area contributed by atoms with Crippen molar-refractivity contribution in [2.45, 2.75) is 38.6 Å². The molecule has 0 aromatic heterocycles. The van der Waals surface area contributed by atoms with Crippen LogP contribution in [0.25, 0.3) is 0 Å². The predicted octanol–water partition coefficient (Wildman–Crippen LogP) is 1.68. The van der Waals surface area contributed by atoms with E-state index in [2.05, 4.69) is 29.4 Å². The standard InChI is InChI=1S/C13H27N3O.2ClH/c1-13(2,16(3)4)10-15-12(17)9-11-5-7-14-8-6-11;;/h11,14H,5-10H2,1-4H3,(H,15,17);2*1H. The average molecular weight is 314 g/mol. The number of nitrogens with zero attached hydrogens (tertiary/aromatic N) is 1. The second-order valence-electron chi connectivity index (χ2n) is 5.88. The number of likely N-dealkylation sites (N-methyl/N-ethyl adjacent to an activating group) is 1. The van der Waals surface area contributed by atoms with E-state index in [0.717, 1.165) is 25.9 Å². The highest BCUT2D eigenvalue weighted by molar-refractivity contribution is 5.85. The Morgan fingerprint density at radius 2 is 1.79 bits per heavy atom. The first-order valence-corrected chi connectivity index (χ1v) is 6.56. The molecule has 0 spiro atoms. The van der Waals surface area contributed by atoms with Crippen molar-refractivity contribution in [3.05, 3.63) is 0 Å². The minimum atomic E-state index is 0. The van der Waals surface area contributed by atoms with Crippen LogP contribution >= 0.6 is 24.8 Å². The third-order valence-electron chi connectivity index (χ3n) is 3.86. The number of nitrogens with one attached hydrogen (secondary N) is 2. The lowest BCUT2D eigenvalue weighted by molar-refractivity contribution is -0.122. The number of rotatable bonds is 5. The molecule has 1 heterocycles. The molecule has 0 aromatic rings. The van der Waals surface area contributed by atoms with Crippen molar-refractivity contribution in [2.75, 3.05) is 33.7 Å². The number of carbonyl (C=O) groups excluding carboxylic acids is 1. The van der Waals surface area contributed by atoms with Crippen molar-refractivity contribution in [3.63, 3.8) is 0 Å². The summed E-state index contributed by atoms with van der Waals surface area (Å²) >= 11 is 0. The maximum Gasteiger partial charge on any atom is 0.220 e. The van der Waals surface area contributed by atoms with E-state index in [0.29, 0.717) is 18.9 Å². The lowest BCUT2D eigenvalue weighted by Crippen LogP contribution is -2.48. The van der Waals surface area contributed by atoms with Crippen LogP contribution in [0, 0.1) is 5.92 Å². The van der Waals surface area contributed by atoms with E-state index in [-0.39, 0.29) is 36.3 Å². The zero-order chi connectivity index (χ0) is 12.9. The molecule has 2 N–H and O–H groups in total. The smallest absolute Gasteiger partial charge is 0.220 e. The van der Waals surface area contributed by atoms with Gasteiger partial charge in [-0.05, 0) is 59.8 Å². The molecule has 0 unspecified atom stereocenters. The second-order valence-corrected chi connectivity index (χ2v) is 5.88. The van der Waals surface area contributed by atoms with Gasteiger partial charge in [-0.25, -0.2) is 0 Å². The lowest BCUT2D eigenvalue weighted by atomic mass is 9.94. The molecule has 0 aromatic carbocycles. The van der Waals surface area contributed by atoms with E-state index < -0.39 is 0 Å². The molecule has 0 atom stereocenters. The molecule has 0 bridgehead atoms. The molecular weight excluding hydrogens is 285 g/mol. The van der Waals surface area contributed by atoms with Crippen LogP contribution < -0.4 is 10.6 Å². The summed E-state index contributed by atoms with van der Waals surface area (Å²) in [6.07, 6.45) is 2.94. The molecule has 1 amide bonds. The number of piperidine rings is 1. The molecule has 0 aliphatic carbocycles. The Morgan fingerprint density at radius 3 is 2.26 bits per heavy atom. The van der Waals surface area contributed by atoms with Gasteiger partial charge in [-0.3, -0.25) is 4.79 Å². The third kappa shape index (κ3) is 7.98. The van der Waals surface area contributed by atoms with Gasteiger partial charge in [-0.15, -0.1) is 24.8 Å². The summed E-state index contributed by atoms with van der Waals surface area (Å²) in [5.41, 5.74) is 0.0176. The van der Waals surface area contributed by atoms with Crippen molar-refractivity contribution in [1.29, 1.82) is 0 Å². The zero-order valence-corrected chi connectivity index (χ0v) is 14.1. The third-order valence-corrected chi connectivity index (χ3v) is 3.86. The summed E-state index contributed by atoms with van der Waals surface area (Å²) in [4.78, 5) is 14.0. The molecule has 1 aliphatic heterocycles. The van der Waals surface area contributed by atoms with Crippen LogP contribution in [0.1, 0.15) is 33.1 Å². The van der Waals surface area contributed by atoms with Gasteiger partial charge in [0.25, 0.3) is 0 Å². The van der Waals surface area contributed by atoms with Gasteiger partial charge in [0, 0.05) is 18.5 Å². The molecular formula is C13H29Cl2N3O. The van der Waals surface area contributed by atoms with Crippen molar-refractivity contribution in [1.82, 2.24) is 15.5 Å². The van der Waals surface area contributed by atoms with Crippen molar-refractivity contribution < 1.29 is 4.79 Å². The van der Waals surface area contributed by atoms with E-state index >= 15 is 0 Å². The first kappa shape index (κ1) is 21.3. The van der Waals surface area contributed by atoms with Gasteiger partial charge >= 0.3 is 0 Å². The highest BCUT2D eigenvalue weighted by Gasteiger charge is 2.22. The highest BCUT2D eigenvalue weighted by atomic mass is 35.5. The molecule has 4 nitrogen and oxygen atoms in total. The van der Waals surface area contributed by atoms with Crippen LogP contribution in [0.15, 0.2) is 0 Å². The van der Waals surface area contributed by atoms with Gasteiger partial charge in [-0.2, -0.15) is 0 Å². The fraction of sp³-hybridized carbons (Fsp3) is 0.923. The SMILES string of the molecule is CN(C)C(C)(C)CNC(=O)CC1CCNCC1.Cl.Cl. The summed E-state index contributed by atoms with van der Waals surface area (Å²) in [5.74, 6) is 0.769. The monoisotopic (exact) mass is 313 g/mol. The van der Waals surface area contributed by atoms with Crippen LogP contribution in [0.4, 0.5) is 0 Å². The Hall–Kier alpha value is -0.0300. The molecule has 0 radical (unpaired) electrons. The van der Waals surface area contributed by atoms with Crippen LogP contribution in [0.3, 0.4) is 0 Å². The summed E-state index contributed by atoms with van der Waals surface area (Å²) in [7, 11) is 4.08. The second kappa shape index (κ2) is 9.81. The van der Waals surface area contributed by atoms with Crippen LogP contribution in [0.5, 0.6) is 0 Å². The Labute approximate surface area is 129 Å². The number of carbonyl (C=O) groups is 1. The predicted molar refractivity (Wildman–Crippen MR) is 85.5 cm³/mol. The molecule has 1 aliphatic rings. The van der Waals surface area contributed by atoms with Gasteiger partial charge in [-0.1, -0.05) is 0 Å². The largest absolute Gasteiger partial charge is 0.354 e. The van der Waals surface area contributed by atoms with E-state index in [1.165, 1.54) is 0 Å². The van der Waals surface area contributed by atoms with E-state index in [1.807, 2.05) is 14.1 Å². The van der Waals surface area contributed by atoms with Crippen molar-refractivity contribution in [3.8, 4) is 0 Å². The molecule has 1 rings (SSSR count). The molecule has 1 saturated heterocycles. The van der Waals surface area contributed by atoms with Gasteiger partial charge in [0.1, 0.15) is 0 Å². The summed E-state index contributed by atoms with van der Waals surface area (Å²) in [5, 5.41) is 6.37. The molecule has 0 saturated carbocycles. The summed E-state index contributed by atoms with van der Waals surface area (Å²) in [6.45, 7) is 7.10. The van der Waals surface area contributed by atoms with E-state index in [9.17, 15) is 4.79 Å². The Morgan fingerprint density at radius 1 is 1.26 bits per heavy atom. The Bertz CT molecular complexity index is 254. The van der Waals surface area contributed by atoms with Crippen molar-refractivity contribution >= 4 is 30.7 Å². The quantitative estimate of drug-likeness (QED) is 0.811. The number of amides is 1. The van der Waals surface area contributed by atoms with E-state index in [4.69, 9.17) is 0 Å². The summed E-state index contributed by atoms with van der Waals surface area (Å²) < 4.78 is 0. The minimum Gasteiger partial charge on any atom is -0.354 e. The topological polar surface area (TPSA) is 44.4 Å². The summed E-state index contributed by atoms with van der Waals surface area (Å²) in [6, 6.07) is 0. The normalized spacial score (nSPS) is 16.5. The highest BCUT2D eigenvalue weighted by Crippen LogP contribution is 2.15. The molecule has 1 fully saturated rings. The number of halogens is 2. The zero-order valence-electron chi connectivity index (χ0n) is 12.5. The first-order valence-electron chi connectivity index (χ1n) is 6.56. The van der Waals surface area contributed by atoms with Crippen LogP contribution in [-0.2, 0) is 4.79 Å². The van der Waals surface area contributed by atoms with Gasteiger partial charge in [0.2, 0.25) is 5.91 Å². The van der Waals surface area contributed by atoms with Crippen molar-refractivity contribution in [2.24, 2.45) is 5.92 Å². The van der Waals surface area contributed by atoms with Gasteiger partial charge in [0.05, 0.1) is 0 Å². The number of hydrogen-bond donors (Lipinski definition) is 2. The Kier molecular flexibility index (Phi) is 11.0. The molecule has 19 heavy (non-hydrogen) atoms. The lowest BCUT2D eigenvalue weighted by Gasteiger charge is -2.33.